The molecule has 9 nitrogen and oxygen atoms in total. The van der Waals surface area contributed by atoms with Gasteiger partial charge >= 0.3 is 0 Å². The van der Waals surface area contributed by atoms with Crippen LogP contribution >= 0.6 is 11.3 Å². The van der Waals surface area contributed by atoms with Crippen LogP contribution < -0.4 is 5.32 Å². The third kappa shape index (κ3) is 4.75. The molecule has 0 radical (unpaired) electrons. The third-order valence-electron chi connectivity index (χ3n) is 6.35. The molecule has 3 aromatic rings. The molecule has 2 fully saturated rings. The molecule has 1 amide bonds. The summed E-state index contributed by atoms with van der Waals surface area (Å²) < 4.78 is 38.9. The van der Waals surface area contributed by atoms with Crippen molar-refractivity contribution in [3.8, 4) is 11.4 Å². The summed E-state index contributed by atoms with van der Waals surface area (Å²) in [5, 5.41) is 8.65. The maximum Gasteiger partial charge on any atom is 0.252 e. The van der Waals surface area contributed by atoms with Crippen molar-refractivity contribution in [1.29, 1.82) is 0 Å². The van der Waals surface area contributed by atoms with Crippen LogP contribution in [0.1, 0.15) is 56.1 Å². The Morgan fingerprint density at radius 3 is 2.88 bits per heavy atom. The zero-order chi connectivity index (χ0) is 22.8. The van der Waals surface area contributed by atoms with Gasteiger partial charge in [0.05, 0.1) is 18.7 Å². The second-order valence-corrected chi connectivity index (χ2v) is 11.7. The van der Waals surface area contributed by atoms with E-state index in [0.717, 1.165) is 24.2 Å². The highest BCUT2D eigenvalue weighted by molar-refractivity contribution is 7.91. The molecule has 1 aliphatic carbocycles. The fourth-order valence-electron chi connectivity index (χ4n) is 4.49. The molecule has 1 aliphatic heterocycles. The molecule has 0 aromatic carbocycles. The molecule has 1 saturated carbocycles. The van der Waals surface area contributed by atoms with E-state index < -0.39 is 15.9 Å². The molecule has 0 spiro atoms. The summed E-state index contributed by atoms with van der Waals surface area (Å²) in [7, 11) is -3.72. The number of nitrogens with zero attached hydrogens (tertiary/aromatic N) is 3. The summed E-state index contributed by atoms with van der Waals surface area (Å²) in [6.45, 7) is 0.843. The molecule has 11 heteroatoms. The molecule has 1 unspecified atom stereocenters. The van der Waals surface area contributed by atoms with E-state index in [0.29, 0.717) is 48.3 Å². The lowest BCUT2D eigenvalue weighted by Crippen LogP contribution is -2.45. The fourth-order valence-corrected chi connectivity index (χ4v) is 7.33. The number of thiophene rings is 1. The van der Waals surface area contributed by atoms with Crippen LogP contribution in [0.3, 0.4) is 0 Å². The Labute approximate surface area is 196 Å². The number of amides is 1. The number of nitrogens with one attached hydrogen (secondary N) is 1. The highest BCUT2D eigenvalue weighted by atomic mass is 32.2. The lowest BCUT2D eigenvalue weighted by Gasteiger charge is -2.30. The fraction of sp³-hybridized carbons (Fsp3) is 0.500. The van der Waals surface area contributed by atoms with E-state index in [1.165, 1.54) is 17.1 Å². The van der Waals surface area contributed by atoms with Crippen molar-refractivity contribution >= 4 is 27.3 Å². The van der Waals surface area contributed by atoms with E-state index in [1.807, 2.05) is 0 Å². The van der Waals surface area contributed by atoms with Gasteiger partial charge in [0, 0.05) is 30.0 Å². The smallest absolute Gasteiger partial charge is 0.252 e. The van der Waals surface area contributed by atoms with Crippen molar-refractivity contribution in [2.45, 2.75) is 55.2 Å². The number of hydrogen-bond donors (Lipinski definition) is 1. The van der Waals surface area contributed by atoms with E-state index >= 15 is 0 Å². The predicted molar refractivity (Wildman–Crippen MR) is 121 cm³/mol. The van der Waals surface area contributed by atoms with Crippen LogP contribution in [0, 0.1) is 5.92 Å². The van der Waals surface area contributed by atoms with E-state index in [4.69, 9.17) is 8.94 Å². The summed E-state index contributed by atoms with van der Waals surface area (Å²) in [4.78, 5) is 17.1. The standard InChI is InChI=1S/C22H26N4O5S2/c27-21(23-12-18-8-4-10-30-18)16-7-3-9-26(13-16)33(28,29)19-11-17(14-32-19)20-24-22(31-25-20)15-5-1-2-6-15/h4,8,10-11,14-16H,1-3,5-7,9,12-13H2,(H,23,27). The van der Waals surface area contributed by atoms with Crippen molar-refractivity contribution in [1.82, 2.24) is 19.8 Å². The summed E-state index contributed by atoms with van der Waals surface area (Å²) in [6, 6.07) is 5.15. The second-order valence-electron chi connectivity index (χ2n) is 8.59. The van der Waals surface area contributed by atoms with E-state index in [1.54, 1.807) is 29.8 Å². The van der Waals surface area contributed by atoms with Crippen molar-refractivity contribution < 1.29 is 22.2 Å². The van der Waals surface area contributed by atoms with Crippen molar-refractivity contribution in [2.24, 2.45) is 5.92 Å². The number of furan rings is 1. The number of carbonyl (C=O) groups excluding carboxylic acids is 1. The van der Waals surface area contributed by atoms with Gasteiger partial charge in [-0.15, -0.1) is 11.3 Å². The molecule has 5 rings (SSSR count). The Morgan fingerprint density at radius 2 is 2.09 bits per heavy atom. The van der Waals surface area contributed by atoms with Gasteiger partial charge in [0.15, 0.2) is 0 Å². The van der Waals surface area contributed by atoms with Crippen molar-refractivity contribution in [2.75, 3.05) is 13.1 Å². The zero-order valence-electron chi connectivity index (χ0n) is 18.1. The summed E-state index contributed by atoms with van der Waals surface area (Å²) >= 11 is 1.14. The Bertz CT molecular complexity index is 1200. The van der Waals surface area contributed by atoms with Gasteiger partial charge < -0.3 is 14.3 Å². The largest absolute Gasteiger partial charge is 0.467 e. The topological polar surface area (TPSA) is 119 Å². The first kappa shape index (κ1) is 22.3. The highest BCUT2D eigenvalue weighted by Crippen LogP contribution is 2.35. The molecular weight excluding hydrogens is 464 g/mol. The molecule has 3 aromatic heterocycles. The minimum Gasteiger partial charge on any atom is -0.467 e. The van der Waals surface area contributed by atoms with Crippen LogP contribution in [0.4, 0.5) is 0 Å². The molecule has 0 bridgehead atoms. The molecule has 1 N–H and O–H groups in total. The molecule has 1 saturated heterocycles. The molecule has 176 valence electrons. The molecular formula is C22H26N4O5S2. The van der Waals surface area contributed by atoms with Crippen molar-refractivity contribution in [3.63, 3.8) is 0 Å². The zero-order valence-corrected chi connectivity index (χ0v) is 19.7. The number of hydrogen-bond acceptors (Lipinski definition) is 8. The lowest BCUT2D eigenvalue weighted by molar-refractivity contribution is -0.126. The van der Waals surface area contributed by atoms with Crippen LogP contribution in [0.25, 0.3) is 11.4 Å². The summed E-state index contributed by atoms with van der Waals surface area (Å²) in [5.74, 6) is 1.46. The Kier molecular flexibility index (Phi) is 6.35. The van der Waals surface area contributed by atoms with Gasteiger partial charge in [-0.05, 0) is 43.9 Å². The van der Waals surface area contributed by atoms with E-state index in [9.17, 15) is 13.2 Å². The van der Waals surface area contributed by atoms with Crippen LogP contribution in [0.2, 0.25) is 0 Å². The lowest BCUT2D eigenvalue weighted by atomic mass is 9.99. The first-order valence-corrected chi connectivity index (χ1v) is 13.6. The van der Waals surface area contributed by atoms with Gasteiger partial charge in [0.2, 0.25) is 17.6 Å². The van der Waals surface area contributed by atoms with E-state index in [-0.39, 0.29) is 23.2 Å². The molecule has 33 heavy (non-hydrogen) atoms. The van der Waals surface area contributed by atoms with Crippen molar-refractivity contribution in [3.05, 3.63) is 41.5 Å². The van der Waals surface area contributed by atoms with Gasteiger partial charge in [0.1, 0.15) is 9.97 Å². The van der Waals surface area contributed by atoms with Crippen LogP contribution in [0.15, 0.2) is 43.0 Å². The third-order valence-corrected chi connectivity index (χ3v) is 9.63. The minimum atomic E-state index is -3.72. The maximum absolute atomic E-state index is 13.3. The Morgan fingerprint density at radius 1 is 1.24 bits per heavy atom. The SMILES string of the molecule is O=C(NCc1ccco1)C1CCCN(S(=O)(=O)c2cc(-c3noc(C4CCCC4)n3)cs2)C1. The second kappa shape index (κ2) is 9.40. The summed E-state index contributed by atoms with van der Waals surface area (Å²) in [5.41, 5.74) is 0.635. The van der Waals surface area contributed by atoms with Crippen LogP contribution in [0.5, 0.6) is 0 Å². The first-order chi connectivity index (χ1) is 16.0. The average molecular weight is 491 g/mol. The average Bonchev–Trinajstić information content (AvgIpc) is 3.64. The number of aromatic nitrogens is 2. The number of rotatable bonds is 7. The Balaban J connectivity index is 1.25. The van der Waals surface area contributed by atoms with Gasteiger partial charge in [-0.1, -0.05) is 18.0 Å². The number of piperidine rings is 1. The first-order valence-electron chi connectivity index (χ1n) is 11.2. The molecule has 1 atom stereocenters. The van der Waals surface area contributed by atoms with Gasteiger partial charge in [-0.2, -0.15) is 9.29 Å². The monoisotopic (exact) mass is 490 g/mol. The van der Waals surface area contributed by atoms with E-state index in [2.05, 4.69) is 15.5 Å². The van der Waals surface area contributed by atoms with Crippen LogP contribution in [-0.2, 0) is 21.4 Å². The normalized spacial score (nSPS) is 20.3. The van der Waals surface area contributed by atoms with Gasteiger partial charge in [-0.3, -0.25) is 4.79 Å². The van der Waals surface area contributed by atoms with Gasteiger partial charge in [-0.25, -0.2) is 8.42 Å². The number of sulfonamides is 1. The minimum absolute atomic E-state index is 0.160. The highest BCUT2D eigenvalue weighted by Gasteiger charge is 2.34. The predicted octanol–water partition coefficient (Wildman–Crippen LogP) is 3.77. The quantitative estimate of drug-likeness (QED) is 0.535. The van der Waals surface area contributed by atoms with Crippen LogP contribution in [-0.4, -0.2) is 41.9 Å². The maximum atomic E-state index is 13.3. The summed E-state index contributed by atoms with van der Waals surface area (Å²) in [6.07, 6.45) is 7.27. The number of carbonyl (C=O) groups is 1. The molecule has 2 aliphatic rings. The Hall–Kier alpha value is -2.50. The molecule has 4 heterocycles. The van der Waals surface area contributed by atoms with Gasteiger partial charge in [0.25, 0.3) is 10.0 Å².